The van der Waals surface area contributed by atoms with E-state index in [4.69, 9.17) is 19.2 Å². The molecule has 0 aromatic carbocycles. The predicted octanol–water partition coefficient (Wildman–Crippen LogP) is 2.45. The molecule has 39 heavy (non-hydrogen) atoms. The van der Waals surface area contributed by atoms with Gasteiger partial charge in [-0.3, -0.25) is 14.2 Å². The molecule has 1 N–H and O–H groups in total. The number of carbonyl (C=O) groups excluding carboxylic acids is 1. The van der Waals surface area contributed by atoms with Crippen molar-refractivity contribution in [1.29, 1.82) is 0 Å². The zero-order chi connectivity index (χ0) is 27.6. The number of nitrogens with one attached hydrogen (secondary N) is 1. The molecule has 12 nitrogen and oxygen atoms in total. The van der Waals surface area contributed by atoms with E-state index in [0.717, 1.165) is 44.1 Å². The Bertz CT molecular complexity index is 1450. The van der Waals surface area contributed by atoms with Crippen molar-refractivity contribution in [3.05, 3.63) is 24.5 Å². The van der Waals surface area contributed by atoms with Crippen molar-refractivity contribution < 1.29 is 27.4 Å². The molecular formula is C26H34N6O6S. The van der Waals surface area contributed by atoms with Crippen LogP contribution in [0, 0.1) is 11.8 Å². The van der Waals surface area contributed by atoms with Crippen molar-refractivity contribution in [2.24, 2.45) is 18.9 Å². The fraction of sp³-hybridized carbons (Fsp3) is 0.538. The van der Waals surface area contributed by atoms with E-state index >= 15 is 0 Å². The number of nitrogens with zero attached hydrogens (tertiary/aromatic N) is 5. The van der Waals surface area contributed by atoms with Crippen LogP contribution in [0.2, 0.25) is 0 Å². The van der Waals surface area contributed by atoms with Crippen LogP contribution in [-0.2, 0) is 26.6 Å². The standard InChI is InChI=1S/C26H34N6O6S/c1-31-25-20(13-28-31)23(11-21(29-25)19-10-22(30-39(3,34)35)26(36-2)27-12-19)38-16-18-5-4-7-32(14-18)24(33)9-17-6-8-37-15-17/h10-13,17-18,30H,4-9,14-16H2,1-3H3/t17?,18-/m1/s1. The van der Waals surface area contributed by atoms with Crippen LogP contribution in [0.1, 0.15) is 25.7 Å². The van der Waals surface area contributed by atoms with Gasteiger partial charge in [0.15, 0.2) is 5.65 Å². The summed E-state index contributed by atoms with van der Waals surface area (Å²) in [5.74, 6) is 1.49. The zero-order valence-electron chi connectivity index (χ0n) is 22.4. The van der Waals surface area contributed by atoms with E-state index in [-0.39, 0.29) is 23.4 Å². The van der Waals surface area contributed by atoms with Crippen molar-refractivity contribution >= 4 is 32.7 Å². The minimum Gasteiger partial charge on any atom is -0.492 e. The number of pyridine rings is 2. The second-order valence-corrected chi connectivity index (χ2v) is 12.0. The number of sulfonamides is 1. The Labute approximate surface area is 227 Å². The van der Waals surface area contributed by atoms with Gasteiger partial charge in [0.2, 0.25) is 21.8 Å². The molecule has 13 heteroatoms. The number of aryl methyl sites for hydroxylation is 1. The lowest BCUT2D eigenvalue weighted by Gasteiger charge is -2.33. The predicted molar refractivity (Wildman–Crippen MR) is 145 cm³/mol. The first-order valence-corrected chi connectivity index (χ1v) is 14.9. The van der Waals surface area contributed by atoms with E-state index in [2.05, 4.69) is 14.8 Å². The molecule has 2 aliphatic heterocycles. The number of ether oxygens (including phenoxy) is 3. The Kier molecular flexibility index (Phi) is 7.89. The first-order chi connectivity index (χ1) is 18.7. The van der Waals surface area contributed by atoms with Gasteiger partial charge in [-0.05, 0) is 31.2 Å². The maximum Gasteiger partial charge on any atom is 0.238 e. The van der Waals surface area contributed by atoms with Crippen molar-refractivity contribution in [1.82, 2.24) is 24.6 Å². The van der Waals surface area contributed by atoms with Crippen molar-refractivity contribution in [3.8, 4) is 22.9 Å². The van der Waals surface area contributed by atoms with E-state index in [1.54, 1.807) is 30.2 Å². The second-order valence-electron chi connectivity index (χ2n) is 10.3. The fourth-order valence-corrected chi connectivity index (χ4v) is 5.68. The maximum absolute atomic E-state index is 12.9. The third kappa shape index (κ3) is 6.41. The molecule has 0 radical (unpaired) electrons. The van der Waals surface area contributed by atoms with Gasteiger partial charge in [-0.25, -0.2) is 18.4 Å². The Morgan fingerprint density at radius 1 is 1.23 bits per heavy atom. The van der Waals surface area contributed by atoms with Crippen LogP contribution < -0.4 is 14.2 Å². The van der Waals surface area contributed by atoms with Gasteiger partial charge >= 0.3 is 0 Å². The summed E-state index contributed by atoms with van der Waals surface area (Å²) >= 11 is 0. The highest BCUT2D eigenvalue weighted by atomic mass is 32.2. The number of anilines is 1. The number of methoxy groups -OCH3 is 1. The molecule has 2 fully saturated rings. The Balaban J connectivity index is 1.35. The summed E-state index contributed by atoms with van der Waals surface area (Å²) in [7, 11) is -0.333. The SMILES string of the molecule is COc1ncc(-c2cc(OC[C@@H]3CCCN(C(=O)CC4CCOC4)C3)c3cnn(C)c3n2)cc1NS(C)(=O)=O. The quantitative estimate of drug-likeness (QED) is 0.420. The summed E-state index contributed by atoms with van der Waals surface area (Å²) in [6, 6.07) is 3.44. The molecule has 210 valence electrons. The average molecular weight is 559 g/mol. The van der Waals surface area contributed by atoms with Crippen LogP contribution in [0.25, 0.3) is 22.3 Å². The Hall–Kier alpha value is -3.45. The van der Waals surface area contributed by atoms with Gasteiger partial charge in [0.05, 0.1) is 37.2 Å². The summed E-state index contributed by atoms with van der Waals surface area (Å²) in [5, 5.41) is 5.11. The molecule has 5 heterocycles. The van der Waals surface area contributed by atoms with Crippen LogP contribution in [0.4, 0.5) is 5.69 Å². The lowest BCUT2D eigenvalue weighted by atomic mass is 9.97. The monoisotopic (exact) mass is 558 g/mol. The van der Waals surface area contributed by atoms with Gasteiger partial charge < -0.3 is 19.1 Å². The number of piperidine rings is 1. The Morgan fingerprint density at radius 3 is 2.82 bits per heavy atom. The number of amides is 1. The highest BCUT2D eigenvalue weighted by molar-refractivity contribution is 7.92. The molecule has 3 aromatic heterocycles. The minimum atomic E-state index is -3.55. The lowest BCUT2D eigenvalue weighted by molar-refractivity contribution is -0.134. The van der Waals surface area contributed by atoms with Gasteiger partial charge in [-0.1, -0.05) is 0 Å². The lowest BCUT2D eigenvalue weighted by Crippen LogP contribution is -2.42. The van der Waals surface area contributed by atoms with Gasteiger partial charge in [0.25, 0.3) is 0 Å². The molecule has 2 atom stereocenters. The van der Waals surface area contributed by atoms with Gasteiger partial charge in [-0.15, -0.1) is 0 Å². The molecule has 5 rings (SSSR count). The highest BCUT2D eigenvalue weighted by Gasteiger charge is 2.27. The van der Waals surface area contributed by atoms with E-state index < -0.39 is 10.0 Å². The normalized spacial score (nSPS) is 19.8. The minimum absolute atomic E-state index is 0.152. The van der Waals surface area contributed by atoms with Crippen LogP contribution >= 0.6 is 0 Å². The summed E-state index contributed by atoms with van der Waals surface area (Å²) in [4.78, 5) is 23.8. The molecule has 0 spiro atoms. The molecule has 1 amide bonds. The third-order valence-electron chi connectivity index (χ3n) is 7.14. The molecule has 2 aliphatic rings. The van der Waals surface area contributed by atoms with Gasteiger partial charge in [0.1, 0.15) is 11.4 Å². The number of hydrogen-bond donors (Lipinski definition) is 1. The van der Waals surface area contributed by atoms with Gasteiger partial charge in [0, 0.05) is 63.5 Å². The topological polar surface area (TPSA) is 138 Å². The largest absolute Gasteiger partial charge is 0.492 e. The Morgan fingerprint density at radius 2 is 2.08 bits per heavy atom. The second kappa shape index (κ2) is 11.3. The molecule has 0 aliphatic carbocycles. The highest BCUT2D eigenvalue weighted by Crippen LogP contribution is 2.33. The van der Waals surface area contributed by atoms with Gasteiger partial charge in [-0.2, -0.15) is 5.10 Å². The maximum atomic E-state index is 12.9. The van der Waals surface area contributed by atoms with Crippen molar-refractivity contribution in [3.63, 3.8) is 0 Å². The van der Waals surface area contributed by atoms with E-state index in [9.17, 15) is 13.2 Å². The molecule has 0 bridgehead atoms. The van der Waals surface area contributed by atoms with E-state index in [0.29, 0.717) is 54.8 Å². The number of carbonyl (C=O) groups is 1. The molecule has 2 saturated heterocycles. The smallest absolute Gasteiger partial charge is 0.238 e. The number of fused-ring (bicyclic) bond motifs is 1. The summed E-state index contributed by atoms with van der Waals surface area (Å²) < 4.78 is 44.8. The number of hydrogen-bond acceptors (Lipinski definition) is 9. The number of likely N-dealkylation sites (tertiary alicyclic amines) is 1. The van der Waals surface area contributed by atoms with E-state index in [1.807, 2.05) is 11.0 Å². The molecule has 1 unspecified atom stereocenters. The van der Waals surface area contributed by atoms with E-state index in [1.165, 1.54) is 7.11 Å². The fourth-order valence-electron chi connectivity index (χ4n) is 5.14. The molecule has 3 aromatic rings. The van der Waals surface area contributed by atoms with Crippen molar-refractivity contribution in [2.45, 2.75) is 25.7 Å². The molecule has 0 saturated carbocycles. The average Bonchev–Trinajstić information content (AvgIpc) is 3.56. The summed E-state index contributed by atoms with van der Waals surface area (Å²) in [6.07, 6.45) is 7.77. The first kappa shape index (κ1) is 27.1. The summed E-state index contributed by atoms with van der Waals surface area (Å²) in [6.45, 7) is 3.32. The van der Waals surface area contributed by atoms with Crippen LogP contribution in [0.3, 0.4) is 0 Å². The van der Waals surface area contributed by atoms with Crippen LogP contribution in [0.5, 0.6) is 11.6 Å². The first-order valence-electron chi connectivity index (χ1n) is 13.0. The summed E-state index contributed by atoms with van der Waals surface area (Å²) in [5.41, 5.74) is 1.96. The van der Waals surface area contributed by atoms with Crippen LogP contribution in [0.15, 0.2) is 24.5 Å². The number of rotatable bonds is 9. The number of aromatic nitrogens is 4. The van der Waals surface area contributed by atoms with Crippen molar-refractivity contribution in [2.75, 3.05) is 51.0 Å². The third-order valence-corrected chi connectivity index (χ3v) is 7.73. The van der Waals surface area contributed by atoms with Crippen LogP contribution in [-0.4, -0.2) is 85.2 Å². The molecular weight excluding hydrogens is 524 g/mol. The zero-order valence-corrected chi connectivity index (χ0v) is 23.2.